The Kier molecular flexibility index (Phi) is 6.72. The summed E-state index contributed by atoms with van der Waals surface area (Å²) in [5.74, 6) is 0.645. The van der Waals surface area contributed by atoms with E-state index in [1.54, 1.807) is 0 Å². The minimum atomic E-state index is 0.645. The summed E-state index contributed by atoms with van der Waals surface area (Å²) in [5.41, 5.74) is 1.30. The number of hydrogen-bond acceptors (Lipinski definition) is 1. The van der Waals surface area contributed by atoms with Crippen LogP contribution >= 0.6 is 0 Å². The Balaban J connectivity index is 2.08. The molecule has 0 radical (unpaired) electrons. The third-order valence-corrected chi connectivity index (χ3v) is 4.38. The van der Waals surface area contributed by atoms with Crippen LogP contribution in [0.4, 0.5) is 0 Å². The van der Waals surface area contributed by atoms with E-state index in [9.17, 15) is 0 Å². The van der Waals surface area contributed by atoms with Gasteiger partial charge >= 0.3 is 0 Å². The summed E-state index contributed by atoms with van der Waals surface area (Å²) in [7, 11) is 0. The van der Waals surface area contributed by atoms with Crippen LogP contribution in [0.3, 0.4) is 0 Å². The van der Waals surface area contributed by atoms with Gasteiger partial charge in [0.15, 0.2) is 0 Å². The van der Waals surface area contributed by atoms with Crippen molar-refractivity contribution in [3.05, 3.63) is 42.2 Å². The molecule has 1 heterocycles. The van der Waals surface area contributed by atoms with Gasteiger partial charge in [-0.2, -0.15) is 0 Å². The first-order valence-corrected chi connectivity index (χ1v) is 8.69. The topological polar surface area (TPSA) is 12.9 Å². The molecule has 0 N–H and O–H groups in total. The third-order valence-electron chi connectivity index (χ3n) is 4.38. The van der Waals surface area contributed by atoms with Crippen LogP contribution in [0.1, 0.15) is 76.8 Å². The SMILES string of the molecule is CCCCCCC(CCCC)c1cc2ccccc2cn1. The van der Waals surface area contributed by atoms with Gasteiger partial charge in [0.1, 0.15) is 0 Å². The monoisotopic (exact) mass is 283 g/mol. The van der Waals surface area contributed by atoms with E-state index in [-0.39, 0.29) is 0 Å². The molecular weight excluding hydrogens is 254 g/mol. The number of nitrogens with zero attached hydrogens (tertiary/aromatic N) is 1. The van der Waals surface area contributed by atoms with Gasteiger partial charge in [0.05, 0.1) is 0 Å². The molecule has 0 saturated heterocycles. The average Bonchev–Trinajstić information content (AvgIpc) is 2.54. The number of benzene rings is 1. The Labute approximate surface area is 129 Å². The maximum absolute atomic E-state index is 4.76. The molecule has 21 heavy (non-hydrogen) atoms. The van der Waals surface area contributed by atoms with E-state index in [1.807, 2.05) is 0 Å². The zero-order valence-electron chi connectivity index (χ0n) is 13.6. The second kappa shape index (κ2) is 8.81. The molecule has 0 saturated carbocycles. The first-order chi connectivity index (χ1) is 10.3. The highest BCUT2D eigenvalue weighted by Crippen LogP contribution is 2.28. The lowest BCUT2D eigenvalue weighted by atomic mass is 9.91. The van der Waals surface area contributed by atoms with Gasteiger partial charge in [-0.1, -0.05) is 76.6 Å². The average molecular weight is 283 g/mol. The number of fused-ring (bicyclic) bond motifs is 1. The minimum absolute atomic E-state index is 0.645. The maximum Gasteiger partial charge on any atom is 0.0440 e. The van der Waals surface area contributed by atoms with Crippen LogP contribution in [0, 0.1) is 0 Å². The van der Waals surface area contributed by atoms with E-state index in [0.717, 1.165) is 0 Å². The molecule has 2 rings (SSSR count). The van der Waals surface area contributed by atoms with Gasteiger partial charge in [0.25, 0.3) is 0 Å². The highest BCUT2D eigenvalue weighted by Gasteiger charge is 2.13. The number of hydrogen-bond donors (Lipinski definition) is 0. The minimum Gasteiger partial charge on any atom is -0.260 e. The summed E-state index contributed by atoms with van der Waals surface area (Å²) in [4.78, 5) is 4.76. The summed E-state index contributed by atoms with van der Waals surface area (Å²) >= 11 is 0. The summed E-state index contributed by atoms with van der Waals surface area (Å²) in [6.07, 6.45) is 12.6. The largest absolute Gasteiger partial charge is 0.260 e. The van der Waals surface area contributed by atoms with E-state index in [4.69, 9.17) is 4.98 Å². The molecule has 1 heteroatoms. The van der Waals surface area contributed by atoms with E-state index in [1.165, 1.54) is 67.8 Å². The lowest BCUT2D eigenvalue weighted by Crippen LogP contribution is -2.02. The van der Waals surface area contributed by atoms with Gasteiger partial charge in [-0.05, 0) is 24.3 Å². The standard InChI is InChI=1S/C20H29N/c1-3-5-7-8-12-17(11-6-4-2)20-15-18-13-9-10-14-19(18)16-21-20/h9-10,13-17H,3-8,11-12H2,1-2H3. The molecule has 1 aromatic carbocycles. The van der Waals surface area contributed by atoms with Crippen LogP contribution < -0.4 is 0 Å². The smallest absolute Gasteiger partial charge is 0.0440 e. The van der Waals surface area contributed by atoms with Crippen molar-refractivity contribution < 1.29 is 0 Å². The van der Waals surface area contributed by atoms with Crippen molar-refractivity contribution in [3.8, 4) is 0 Å². The molecule has 0 aliphatic heterocycles. The Bertz CT molecular complexity index is 532. The summed E-state index contributed by atoms with van der Waals surface area (Å²) in [6, 6.07) is 10.9. The van der Waals surface area contributed by atoms with Crippen molar-refractivity contribution in [1.82, 2.24) is 4.98 Å². The molecule has 1 aromatic heterocycles. The molecule has 0 amide bonds. The molecule has 0 aliphatic carbocycles. The number of rotatable bonds is 9. The van der Waals surface area contributed by atoms with Crippen LogP contribution in [-0.2, 0) is 0 Å². The predicted octanol–water partition coefficient (Wildman–Crippen LogP) is 6.48. The van der Waals surface area contributed by atoms with Crippen molar-refractivity contribution >= 4 is 10.8 Å². The molecule has 0 fully saturated rings. The lowest BCUT2D eigenvalue weighted by Gasteiger charge is -2.16. The lowest BCUT2D eigenvalue weighted by molar-refractivity contribution is 0.501. The zero-order valence-corrected chi connectivity index (χ0v) is 13.6. The highest BCUT2D eigenvalue weighted by molar-refractivity contribution is 5.81. The predicted molar refractivity (Wildman–Crippen MR) is 92.8 cm³/mol. The first kappa shape index (κ1) is 16.0. The Morgan fingerprint density at radius 2 is 1.57 bits per heavy atom. The van der Waals surface area contributed by atoms with Gasteiger partial charge in [-0.15, -0.1) is 0 Å². The van der Waals surface area contributed by atoms with E-state index < -0.39 is 0 Å². The van der Waals surface area contributed by atoms with Crippen LogP contribution in [0.2, 0.25) is 0 Å². The van der Waals surface area contributed by atoms with Crippen LogP contribution in [0.25, 0.3) is 10.8 Å². The molecule has 114 valence electrons. The molecule has 0 bridgehead atoms. The quantitative estimate of drug-likeness (QED) is 0.480. The van der Waals surface area contributed by atoms with Gasteiger partial charge in [0, 0.05) is 23.2 Å². The fourth-order valence-electron chi connectivity index (χ4n) is 3.03. The molecule has 0 spiro atoms. The summed E-state index contributed by atoms with van der Waals surface area (Å²) in [5, 5.41) is 2.58. The fourth-order valence-corrected chi connectivity index (χ4v) is 3.03. The molecular formula is C20H29N. The van der Waals surface area contributed by atoms with Crippen molar-refractivity contribution in [3.63, 3.8) is 0 Å². The number of aromatic nitrogens is 1. The molecule has 1 atom stereocenters. The highest BCUT2D eigenvalue weighted by atomic mass is 14.7. The molecule has 1 nitrogen and oxygen atoms in total. The molecule has 2 aromatic rings. The van der Waals surface area contributed by atoms with Crippen molar-refractivity contribution in [2.45, 2.75) is 71.1 Å². The van der Waals surface area contributed by atoms with Gasteiger partial charge in [0.2, 0.25) is 0 Å². The van der Waals surface area contributed by atoms with Crippen molar-refractivity contribution in [1.29, 1.82) is 0 Å². The van der Waals surface area contributed by atoms with Crippen molar-refractivity contribution in [2.24, 2.45) is 0 Å². The second-order valence-electron chi connectivity index (χ2n) is 6.14. The Hall–Kier alpha value is -1.37. The van der Waals surface area contributed by atoms with Crippen LogP contribution in [0.5, 0.6) is 0 Å². The van der Waals surface area contributed by atoms with Crippen molar-refractivity contribution in [2.75, 3.05) is 0 Å². The van der Waals surface area contributed by atoms with Gasteiger partial charge in [-0.25, -0.2) is 0 Å². The van der Waals surface area contributed by atoms with E-state index in [2.05, 4.69) is 50.4 Å². The van der Waals surface area contributed by atoms with E-state index in [0.29, 0.717) is 5.92 Å². The maximum atomic E-state index is 4.76. The Morgan fingerprint density at radius 3 is 2.33 bits per heavy atom. The first-order valence-electron chi connectivity index (χ1n) is 8.69. The summed E-state index contributed by atoms with van der Waals surface area (Å²) in [6.45, 7) is 4.56. The second-order valence-corrected chi connectivity index (χ2v) is 6.14. The van der Waals surface area contributed by atoms with E-state index >= 15 is 0 Å². The molecule has 0 aliphatic rings. The normalized spacial score (nSPS) is 12.7. The van der Waals surface area contributed by atoms with Gasteiger partial charge in [-0.3, -0.25) is 4.98 Å². The third kappa shape index (κ3) is 4.84. The zero-order chi connectivity index (χ0) is 14.9. The van der Waals surface area contributed by atoms with Crippen LogP contribution in [0.15, 0.2) is 36.5 Å². The van der Waals surface area contributed by atoms with Gasteiger partial charge < -0.3 is 0 Å². The number of unbranched alkanes of at least 4 members (excludes halogenated alkanes) is 4. The Morgan fingerprint density at radius 1 is 0.857 bits per heavy atom. The number of pyridine rings is 1. The van der Waals surface area contributed by atoms with Crippen LogP contribution in [-0.4, -0.2) is 4.98 Å². The summed E-state index contributed by atoms with van der Waals surface area (Å²) < 4.78 is 0. The fraction of sp³-hybridized carbons (Fsp3) is 0.550. The molecule has 1 unspecified atom stereocenters.